The molecule has 1 unspecified atom stereocenters. The number of nitrogens with zero attached hydrogens (tertiary/aromatic N) is 3. The third kappa shape index (κ3) is 16.2. The zero-order chi connectivity index (χ0) is 22.7. The summed E-state index contributed by atoms with van der Waals surface area (Å²) < 4.78 is 1.48. The summed E-state index contributed by atoms with van der Waals surface area (Å²) in [6.07, 6.45) is 2.79. The Balaban J connectivity index is 3.94. The van der Waals surface area contributed by atoms with E-state index in [1.54, 1.807) is 6.92 Å². The molecule has 0 saturated heterocycles. The third-order valence-corrected chi connectivity index (χ3v) is 4.81. The third-order valence-electron chi connectivity index (χ3n) is 4.81. The van der Waals surface area contributed by atoms with E-state index in [1.165, 1.54) is 0 Å². The normalized spacial score (nSPS) is 13.4. The number of unbranched alkanes of at least 4 members (excludes halogenated alkanes) is 1. The van der Waals surface area contributed by atoms with Gasteiger partial charge in [0, 0.05) is 19.4 Å². The van der Waals surface area contributed by atoms with Crippen LogP contribution in [0.15, 0.2) is 12.2 Å². The maximum absolute atomic E-state index is 12.1. The monoisotopic (exact) mass is 414 g/mol. The number of aliphatic hydroxyl groups excluding tert-OH is 1. The van der Waals surface area contributed by atoms with Gasteiger partial charge < -0.3 is 19.4 Å². The number of likely N-dealkylation sites (N-methyl/N-ethyl adjacent to an activating group) is 3. The van der Waals surface area contributed by atoms with Crippen molar-refractivity contribution >= 4 is 11.7 Å². The fraction of sp³-hybridized carbons (Fsp3) is 0.818. The van der Waals surface area contributed by atoms with Gasteiger partial charge in [-0.15, -0.1) is 0 Å². The molecule has 7 heteroatoms. The van der Waals surface area contributed by atoms with Gasteiger partial charge in [-0.1, -0.05) is 6.58 Å². The van der Waals surface area contributed by atoms with Crippen molar-refractivity contribution in [1.29, 1.82) is 0 Å². The molecule has 0 saturated carbocycles. The van der Waals surface area contributed by atoms with E-state index in [4.69, 9.17) is 0 Å². The lowest BCUT2D eigenvalue weighted by molar-refractivity contribution is -0.907. The topological polar surface area (TPSA) is 69.6 Å². The summed E-state index contributed by atoms with van der Waals surface area (Å²) in [5.74, 6) is 0.151. The van der Waals surface area contributed by atoms with Crippen LogP contribution in [0.2, 0.25) is 0 Å². The van der Waals surface area contributed by atoms with Crippen molar-refractivity contribution in [3.63, 3.8) is 0 Å². The minimum absolute atomic E-state index is 0.0286. The predicted molar refractivity (Wildman–Crippen MR) is 120 cm³/mol. The number of quaternary nitrogens is 2. The van der Waals surface area contributed by atoms with E-state index in [2.05, 4.69) is 47.1 Å². The molecule has 0 radical (unpaired) electrons. The number of ketones is 1. The number of nitrogens with one attached hydrogen (secondary N) is 1. The highest BCUT2D eigenvalue weighted by Gasteiger charge is 2.24. The number of carbonyl (C=O) groups excluding carboxylic acids is 2. The molecular formula is C22H46N4O3+2. The fourth-order valence-electron chi connectivity index (χ4n) is 3.35. The van der Waals surface area contributed by atoms with Gasteiger partial charge in [-0.2, -0.15) is 0 Å². The SMILES string of the molecule is C=C(C)C(=O)CCCCN(C)CC(=O)NCCC[N+](C)(C)CC(O)C[N+](C)(C)C. The molecule has 0 aromatic carbocycles. The standard InChI is InChI=1S/C22H45N4O3/c1-19(2)21(28)12-9-10-14-24(3)16-22(29)23-13-11-15-26(7,8)18-20(27)17-25(4,5)6/h20,27H,1,9-18H2,2-8H3/q+1/p+1. The second-order valence-electron chi connectivity index (χ2n) is 10.1. The molecule has 0 heterocycles. The van der Waals surface area contributed by atoms with Crippen LogP contribution >= 0.6 is 0 Å². The molecule has 0 aliphatic carbocycles. The summed E-state index contributed by atoms with van der Waals surface area (Å²) in [6, 6.07) is 0. The summed E-state index contributed by atoms with van der Waals surface area (Å²) in [6.45, 7) is 9.55. The zero-order valence-corrected chi connectivity index (χ0v) is 20.0. The summed E-state index contributed by atoms with van der Waals surface area (Å²) in [7, 11) is 12.4. The Morgan fingerprint density at radius 1 is 1.07 bits per heavy atom. The molecule has 0 spiro atoms. The molecule has 2 N–H and O–H groups in total. The van der Waals surface area contributed by atoms with Crippen LogP contribution in [0, 0.1) is 0 Å². The highest BCUT2D eigenvalue weighted by atomic mass is 16.3. The van der Waals surface area contributed by atoms with Crippen LogP contribution in [-0.4, -0.2) is 118 Å². The average Bonchev–Trinajstić information content (AvgIpc) is 2.52. The molecular weight excluding hydrogens is 368 g/mol. The molecule has 0 fully saturated rings. The van der Waals surface area contributed by atoms with Gasteiger partial charge >= 0.3 is 0 Å². The smallest absolute Gasteiger partial charge is 0.234 e. The number of amides is 1. The van der Waals surface area contributed by atoms with Crippen molar-refractivity contribution in [3.8, 4) is 0 Å². The Labute approximate surface area is 178 Å². The molecule has 7 nitrogen and oxygen atoms in total. The molecule has 29 heavy (non-hydrogen) atoms. The highest BCUT2D eigenvalue weighted by molar-refractivity contribution is 5.93. The van der Waals surface area contributed by atoms with Crippen molar-refractivity contribution in [2.75, 3.05) is 81.6 Å². The molecule has 0 aliphatic heterocycles. The second-order valence-corrected chi connectivity index (χ2v) is 10.1. The molecule has 1 amide bonds. The molecule has 0 aliphatic rings. The number of carbonyl (C=O) groups is 2. The van der Waals surface area contributed by atoms with Crippen LogP contribution in [0.5, 0.6) is 0 Å². The van der Waals surface area contributed by atoms with Crippen LogP contribution in [0.1, 0.15) is 32.6 Å². The minimum Gasteiger partial charge on any atom is -0.382 e. The quantitative estimate of drug-likeness (QED) is 0.224. The van der Waals surface area contributed by atoms with Crippen molar-refractivity contribution in [2.24, 2.45) is 0 Å². The van der Waals surface area contributed by atoms with E-state index < -0.39 is 0 Å². The fourth-order valence-corrected chi connectivity index (χ4v) is 3.35. The summed E-state index contributed by atoms with van der Waals surface area (Å²) >= 11 is 0. The number of Topliss-reactive ketones (excluding diaryl/α,β-unsaturated/α-hetero) is 1. The van der Waals surface area contributed by atoms with E-state index in [0.717, 1.165) is 47.9 Å². The van der Waals surface area contributed by atoms with Crippen LogP contribution in [0.3, 0.4) is 0 Å². The van der Waals surface area contributed by atoms with Crippen LogP contribution in [0.25, 0.3) is 0 Å². The van der Waals surface area contributed by atoms with Crippen molar-refractivity contribution in [1.82, 2.24) is 10.2 Å². The van der Waals surface area contributed by atoms with Gasteiger partial charge in [-0.25, -0.2) is 0 Å². The Morgan fingerprint density at radius 3 is 2.24 bits per heavy atom. The summed E-state index contributed by atoms with van der Waals surface area (Å²) in [5.41, 5.74) is 0.613. The Morgan fingerprint density at radius 2 is 1.69 bits per heavy atom. The molecule has 1 atom stereocenters. The average molecular weight is 415 g/mol. The van der Waals surface area contributed by atoms with Crippen LogP contribution in [0.4, 0.5) is 0 Å². The lowest BCUT2D eigenvalue weighted by atomic mass is 10.1. The molecule has 0 aromatic heterocycles. The second kappa shape index (κ2) is 13.1. The highest BCUT2D eigenvalue weighted by Crippen LogP contribution is 2.05. The maximum Gasteiger partial charge on any atom is 0.234 e. The van der Waals surface area contributed by atoms with Gasteiger partial charge in [0.2, 0.25) is 5.91 Å². The first kappa shape index (κ1) is 27.7. The van der Waals surface area contributed by atoms with Crippen LogP contribution in [-0.2, 0) is 9.59 Å². The Hall–Kier alpha value is -1.28. The lowest BCUT2D eigenvalue weighted by Gasteiger charge is -2.34. The van der Waals surface area contributed by atoms with Crippen LogP contribution < -0.4 is 5.32 Å². The maximum atomic E-state index is 12.1. The lowest BCUT2D eigenvalue weighted by Crippen LogP contribution is -2.51. The van der Waals surface area contributed by atoms with Gasteiger partial charge in [0.15, 0.2) is 11.9 Å². The Bertz CT molecular complexity index is 527. The van der Waals surface area contributed by atoms with Gasteiger partial charge in [0.1, 0.15) is 13.1 Å². The zero-order valence-electron chi connectivity index (χ0n) is 20.0. The first-order chi connectivity index (χ1) is 13.2. The first-order valence-corrected chi connectivity index (χ1v) is 10.7. The largest absolute Gasteiger partial charge is 0.382 e. The number of allylic oxidation sites excluding steroid dienone is 1. The van der Waals surface area contributed by atoms with Crippen molar-refractivity contribution < 1.29 is 23.7 Å². The van der Waals surface area contributed by atoms with Crippen molar-refractivity contribution in [3.05, 3.63) is 12.2 Å². The number of hydrogen-bond acceptors (Lipinski definition) is 4. The summed E-state index contributed by atoms with van der Waals surface area (Å²) in [5, 5.41) is 13.3. The van der Waals surface area contributed by atoms with E-state index in [1.807, 2.05) is 11.9 Å². The van der Waals surface area contributed by atoms with Gasteiger partial charge in [-0.3, -0.25) is 14.5 Å². The van der Waals surface area contributed by atoms with Gasteiger partial charge in [0.25, 0.3) is 0 Å². The molecule has 0 bridgehead atoms. The molecule has 0 rings (SSSR count). The van der Waals surface area contributed by atoms with E-state index in [-0.39, 0.29) is 17.8 Å². The van der Waals surface area contributed by atoms with E-state index in [0.29, 0.717) is 31.6 Å². The number of aliphatic hydroxyl groups is 1. The van der Waals surface area contributed by atoms with Crippen molar-refractivity contribution in [2.45, 2.75) is 38.7 Å². The van der Waals surface area contributed by atoms with Gasteiger partial charge in [-0.05, 0) is 38.9 Å². The first-order valence-electron chi connectivity index (χ1n) is 10.7. The minimum atomic E-state index is -0.334. The van der Waals surface area contributed by atoms with Gasteiger partial charge in [0.05, 0.1) is 48.3 Å². The summed E-state index contributed by atoms with van der Waals surface area (Å²) in [4.78, 5) is 25.6. The molecule has 0 aromatic rings. The molecule has 170 valence electrons. The van der Waals surface area contributed by atoms with E-state index >= 15 is 0 Å². The number of hydrogen-bond donors (Lipinski definition) is 2. The number of rotatable bonds is 16. The van der Waals surface area contributed by atoms with E-state index in [9.17, 15) is 14.7 Å². The predicted octanol–water partition coefficient (Wildman–Crippen LogP) is 0.884. The Kier molecular flexibility index (Phi) is 12.5.